The van der Waals surface area contributed by atoms with Gasteiger partial charge >= 0.3 is 0 Å². The van der Waals surface area contributed by atoms with Crippen LogP contribution in [0.4, 0.5) is 8.78 Å². The van der Waals surface area contributed by atoms with Crippen LogP contribution in [-0.4, -0.2) is 19.5 Å². The highest BCUT2D eigenvalue weighted by atomic mass is 19.1. The molecule has 7 aromatic carbocycles. The number of hydrogen-bond donors (Lipinski definition) is 0. The Bertz CT molecular complexity index is 2650. The van der Waals surface area contributed by atoms with Crippen molar-refractivity contribution in [2.24, 2.45) is 0 Å². The van der Waals surface area contributed by atoms with Crippen LogP contribution < -0.4 is 0 Å². The SMILES string of the molecule is Fc1ccc(-c2ccc(-n3c4ccccc4c4ccc(-c5ccccc5)cc43)c(-c3nc(-c4ccccc4)nc(-c4ccccc4)n3)c2)c(F)c1. The Balaban J connectivity index is 1.37. The fourth-order valence-electron chi connectivity index (χ4n) is 6.77. The molecule has 2 heterocycles. The van der Waals surface area contributed by atoms with Crippen molar-refractivity contribution in [3.63, 3.8) is 0 Å². The Labute approximate surface area is 293 Å². The Morgan fingerprint density at radius 1 is 0.373 bits per heavy atom. The Morgan fingerprint density at radius 3 is 1.61 bits per heavy atom. The number of rotatable bonds is 6. The van der Waals surface area contributed by atoms with E-state index in [4.69, 9.17) is 15.0 Å². The molecular formula is C45H28F2N4. The van der Waals surface area contributed by atoms with Gasteiger partial charge in [0.15, 0.2) is 17.5 Å². The maximum atomic E-state index is 15.4. The molecule has 9 aromatic rings. The topological polar surface area (TPSA) is 43.6 Å². The highest BCUT2D eigenvalue weighted by molar-refractivity contribution is 6.10. The molecule has 4 nitrogen and oxygen atoms in total. The van der Waals surface area contributed by atoms with Gasteiger partial charge in [-0.1, -0.05) is 127 Å². The highest BCUT2D eigenvalue weighted by Gasteiger charge is 2.21. The number of hydrogen-bond acceptors (Lipinski definition) is 3. The van der Waals surface area contributed by atoms with E-state index in [1.807, 2.05) is 109 Å². The molecule has 0 radical (unpaired) electrons. The summed E-state index contributed by atoms with van der Waals surface area (Å²) >= 11 is 0. The van der Waals surface area contributed by atoms with E-state index in [1.165, 1.54) is 12.1 Å². The predicted molar refractivity (Wildman–Crippen MR) is 201 cm³/mol. The van der Waals surface area contributed by atoms with Crippen molar-refractivity contribution in [2.45, 2.75) is 0 Å². The number of fused-ring (bicyclic) bond motifs is 3. The highest BCUT2D eigenvalue weighted by Crippen LogP contribution is 2.40. The fourth-order valence-corrected chi connectivity index (χ4v) is 6.77. The summed E-state index contributed by atoms with van der Waals surface area (Å²) in [6.07, 6.45) is 0. The number of halogens is 2. The lowest BCUT2D eigenvalue weighted by Crippen LogP contribution is -2.04. The van der Waals surface area contributed by atoms with Gasteiger partial charge in [-0.25, -0.2) is 23.7 Å². The predicted octanol–water partition coefficient (Wildman–Crippen LogP) is 11.6. The first kappa shape index (κ1) is 30.3. The zero-order valence-electron chi connectivity index (χ0n) is 27.2. The zero-order chi connectivity index (χ0) is 34.3. The third-order valence-electron chi connectivity index (χ3n) is 9.20. The van der Waals surface area contributed by atoms with Crippen LogP contribution in [0.3, 0.4) is 0 Å². The lowest BCUT2D eigenvalue weighted by atomic mass is 10.00. The Kier molecular flexibility index (Phi) is 7.47. The molecule has 51 heavy (non-hydrogen) atoms. The van der Waals surface area contributed by atoms with Crippen molar-refractivity contribution in [3.8, 4) is 62.1 Å². The van der Waals surface area contributed by atoms with Crippen LogP contribution in [0.2, 0.25) is 0 Å². The molecule has 0 fully saturated rings. The van der Waals surface area contributed by atoms with Gasteiger partial charge in [0.05, 0.1) is 16.7 Å². The van der Waals surface area contributed by atoms with E-state index in [0.717, 1.165) is 55.8 Å². The van der Waals surface area contributed by atoms with E-state index in [0.29, 0.717) is 28.6 Å². The molecule has 0 aliphatic rings. The van der Waals surface area contributed by atoms with Gasteiger partial charge < -0.3 is 4.57 Å². The lowest BCUT2D eigenvalue weighted by Gasteiger charge is -2.17. The quantitative estimate of drug-likeness (QED) is 0.178. The molecule has 0 aliphatic carbocycles. The second-order valence-electron chi connectivity index (χ2n) is 12.3. The Hall–Kier alpha value is -6.79. The minimum atomic E-state index is -0.649. The number of benzene rings is 7. The number of aromatic nitrogens is 4. The van der Waals surface area contributed by atoms with E-state index in [2.05, 4.69) is 47.0 Å². The molecule has 0 atom stereocenters. The molecule has 0 saturated carbocycles. The standard InChI is InChI=1S/C45H28F2N4/c46-34-22-24-35(39(47)28-34)33-21-25-41(51-40-19-11-10-18-36(40)37-23-20-32(27-42(37)51)29-12-4-1-5-13-29)38(26-33)45-49-43(30-14-6-2-7-15-30)48-44(50-45)31-16-8-3-9-17-31/h1-28H. The normalized spacial score (nSPS) is 11.3. The van der Waals surface area contributed by atoms with Crippen LogP contribution in [0.1, 0.15) is 0 Å². The summed E-state index contributed by atoms with van der Waals surface area (Å²) < 4.78 is 31.6. The van der Waals surface area contributed by atoms with Crippen molar-refractivity contribution in [3.05, 3.63) is 181 Å². The second kappa shape index (κ2) is 12.6. The molecule has 0 saturated heterocycles. The van der Waals surface area contributed by atoms with Gasteiger partial charge in [0.2, 0.25) is 0 Å². The summed E-state index contributed by atoms with van der Waals surface area (Å²) in [6.45, 7) is 0. The van der Waals surface area contributed by atoms with E-state index >= 15 is 4.39 Å². The van der Waals surface area contributed by atoms with Crippen LogP contribution in [0, 0.1) is 11.6 Å². The minimum Gasteiger partial charge on any atom is -0.308 e. The molecule has 0 bridgehead atoms. The van der Waals surface area contributed by atoms with Crippen LogP contribution in [0.5, 0.6) is 0 Å². The molecule has 0 unspecified atom stereocenters. The summed E-state index contributed by atoms with van der Waals surface area (Å²) in [4.78, 5) is 15.1. The van der Waals surface area contributed by atoms with E-state index in [9.17, 15) is 4.39 Å². The van der Waals surface area contributed by atoms with Gasteiger partial charge in [0.1, 0.15) is 11.6 Å². The maximum Gasteiger partial charge on any atom is 0.166 e. The Morgan fingerprint density at radius 2 is 0.941 bits per heavy atom. The van der Waals surface area contributed by atoms with Crippen molar-refractivity contribution >= 4 is 21.8 Å². The second-order valence-corrected chi connectivity index (χ2v) is 12.3. The van der Waals surface area contributed by atoms with Crippen molar-refractivity contribution in [1.29, 1.82) is 0 Å². The molecule has 242 valence electrons. The number of para-hydroxylation sites is 1. The van der Waals surface area contributed by atoms with Crippen LogP contribution in [0.25, 0.3) is 83.9 Å². The lowest BCUT2D eigenvalue weighted by molar-refractivity contribution is 0.585. The summed E-state index contributed by atoms with van der Waals surface area (Å²) in [5.74, 6) is 0.163. The molecule has 0 amide bonds. The molecular weight excluding hydrogens is 635 g/mol. The van der Waals surface area contributed by atoms with Crippen molar-refractivity contribution in [1.82, 2.24) is 19.5 Å². The molecule has 0 aliphatic heterocycles. The van der Waals surface area contributed by atoms with Gasteiger partial charge in [-0.2, -0.15) is 0 Å². The first-order chi connectivity index (χ1) is 25.1. The van der Waals surface area contributed by atoms with Gasteiger partial charge in [0.25, 0.3) is 0 Å². The molecule has 9 rings (SSSR count). The van der Waals surface area contributed by atoms with Gasteiger partial charge in [0, 0.05) is 39.1 Å². The van der Waals surface area contributed by atoms with Gasteiger partial charge in [-0.15, -0.1) is 0 Å². The van der Waals surface area contributed by atoms with Gasteiger partial charge in [-0.3, -0.25) is 0 Å². The first-order valence-electron chi connectivity index (χ1n) is 16.7. The van der Waals surface area contributed by atoms with Crippen molar-refractivity contribution in [2.75, 3.05) is 0 Å². The number of nitrogens with zero attached hydrogens (tertiary/aromatic N) is 4. The van der Waals surface area contributed by atoms with Crippen molar-refractivity contribution < 1.29 is 8.78 Å². The molecule has 2 aromatic heterocycles. The van der Waals surface area contributed by atoms with E-state index < -0.39 is 11.6 Å². The fraction of sp³-hybridized carbons (Fsp3) is 0. The maximum absolute atomic E-state index is 15.4. The minimum absolute atomic E-state index is 0.276. The zero-order valence-corrected chi connectivity index (χ0v) is 27.2. The van der Waals surface area contributed by atoms with Crippen LogP contribution in [-0.2, 0) is 0 Å². The average Bonchev–Trinajstić information content (AvgIpc) is 3.52. The first-order valence-corrected chi connectivity index (χ1v) is 16.7. The monoisotopic (exact) mass is 662 g/mol. The van der Waals surface area contributed by atoms with Gasteiger partial charge in [-0.05, 0) is 53.1 Å². The third-order valence-corrected chi connectivity index (χ3v) is 9.20. The van der Waals surface area contributed by atoms with Crippen LogP contribution in [0.15, 0.2) is 170 Å². The molecule has 0 spiro atoms. The summed E-state index contributed by atoms with van der Waals surface area (Å²) in [7, 11) is 0. The molecule has 6 heteroatoms. The largest absolute Gasteiger partial charge is 0.308 e. The van der Waals surface area contributed by atoms with E-state index in [-0.39, 0.29) is 5.56 Å². The summed E-state index contributed by atoms with van der Waals surface area (Å²) in [5.41, 5.74) is 8.18. The average molecular weight is 663 g/mol. The smallest absolute Gasteiger partial charge is 0.166 e. The molecule has 0 N–H and O–H groups in total. The third kappa shape index (κ3) is 5.53. The van der Waals surface area contributed by atoms with Crippen LogP contribution >= 0.6 is 0 Å². The summed E-state index contributed by atoms with van der Waals surface area (Å²) in [6, 6.07) is 54.1. The summed E-state index contributed by atoms with van der Waals surface area (Å²) in [5, 5.41) is 2.19. The van der Waals surface area contributed by atoms with E-state index in [1.54, 1.807) is 0 Å².